The lowest BCUT2D eigenvalue weighted by atomic mass is 10.1. The zero-order valence-corrected chi connectivity index (χ0v) is 29.5. The van der Waals surface area contributed by atoms with Crippen LogP contribution in [0.4, 0.5) is 0 Å². The van der Waals surface area contributed by atoms with Crippen molar-refractivity contribution in [2.75, 3.05) is 0 Å². The lowest BCUT2D eigenvalue weighted by Crippen LogP contribution is -1.96. The van der Waals surface area contributed by atoms with Crippen molar-refractivity contribution < 1.29 is 4.42 Å². The summed E-state index contributed by atoms with van der Waals surface area (Å²) < 4.78 is 11.2. The van der Waals surface area contributed by atoms with Gasteiger partial charge in [0.05, 0.1) is 22.1 Å². The maximum Gasteiger partial charge on any atom is 0.180 e. The molecule has 0 aliphatic carbocycles. The van der Waals surface area contributed by atoms with Gasteiger partial charge in [0.2, 0.25) is 0 Å². The fraction of sp³-hybridized carbons (Fsp3) is 0. The highest BCUT2D eigenvalue weighted by Crippen LogP contribution is 2.40. The van der Waals surface area contributed by atoms with Crippen LogP contribution in [0.3, 0.4) is 0 Å². The van der Waals surface area contributed by atoms with E-state index >= 15 is 0 Å². The molecule has 5 nitrogen and oxygen atoms in total. The Labute approximate surface area is 315 Å². The molecule has 0 fully saturated rings. The molecule has 8 aromatic carbocycles. The smallest absolute Gasteiger partial charge is 0.180 e. The van der Waals surface area contributed by atoms with Crippen LogP contribution in [0.5, 0.6) is 0 Å². The minimum atomic E-state index is 0.653. The topological polar surface area (TPSA) is 48.8 Å². The third-order valence-electron chi connectivity index (χ3n) is 11.1. The van der Waals surface area contributed by atoms with Gasteiger partial charge < -0.3 is 13.6 Å². The third-order valence-corrected chi connectivity index (χ3v) is 11.1. The molecule has 0 unspecified atom stereocenters. The number of hydrogen-bond acceptors (Lipinski definition) is 3. The molecule has 4 heterocycles. The van der Waals surface area contributed by atoms with Crippen LogP contribution < -0.4 is 0 Å². The molecule has 0 atom stereocenters. The van der Waals surface area contributed by atoms with Gasteiger partial charge in [0.1, 0.15) is 16.8 Å². The Balaban J connectivity index is 1.05. The highest BCUT2D eigenvalue weighted by atomic mass is 16.3. The summed E-state index contributed by atoms with van der Waals surface area (Å²) in [6, 6.07) is 64.4. The number of fused-ring (bicyclic) bond motifs is 10. The molecule has 0 saturated heterocycles. The number of benzene rings is 8. The summed E-state index contributed by atoms with van der Waals surface area (Å²) in [5, 5.41) is 8.26. The van der Waals surface area contributed by atoms with Gasteiger partial charge in [0, 0.05) is 49.4 Å². The van der Waals surface area contributed by atoms with E-state index in [9.17, 15) is 0 Å². The Morgan fingerprint density at radius 2 is 0.945 bits per heavy atom. The number of hydrogen-bond donors (Lipinski definition) is 0. The molecular weight excluding hydrogens is 673 g/mol. The van der Waals surface area contributed by atoms with Gasteiger partial charge in [-0.05, 0) is 95.7 Å². The van der Waals surface area contributed by atoms with E-state index in [1.54, 1.807) is 0 Å². The Kier molecular flexibility index (Phi) is 6.27. The van der Waals surface area contributed by atoms with Gasteiger partial charge in [0.25, 0.3) is 0 Å². The summed E-state index contributed by atoms with van der Waals surface area (Å²) in [6.45, 7) is 0. The Morgan fingerprint density at radius 3 is 1.71 bits per heavy atom. The zero-order chi connectivity index (χ0) is 36.0. The van der Waals surface area contributed by atoms with Gasteiger partial charge in [-0.1, -0.05) is 97.1 Å². The van der Waals surface area contributed by atoms with Crippen molar-refractivity contribution in [3.63, 3.8) is 0 Å². The van der Waals surface area contributed by atoms with Crippen molar-refractivity contribution in [3.8, 4) is 34.0 Å². The second-order valence-corrected chi connectivity index (χ2v) is 14.2. The molecule has 0 aliphatic heterocycles. The van der Waals surface area contributed by atoms with Gasteiger partial charge >= 0.3 is 0 Å². The summed E-state index contributed by atoms with van der Waals surface area (Å²) in [5.41, 5.74) is 11.8. The first kappa shape index (κ1) is 30.0. The predicted octanol–water partition coefficient (Wildman–Crippen LogP) is 13.1. The molecule has 5 heteroatoms. The van der Waals surface area contributed by atoms with Crippen LogP contribution in [0.2, 0.25) is 0 Å². The van der Waals surface area contributed by atoms with Crippen molar-refractivity contribution >= 4 is 76.5 Å². The highest BCUT2D eigenvalue weighted by molar-refractivity contribution is 6.14. The van der Waals surface area contributed by atoms with Crippen LogP contribution in [0.1, 0.15) is 0 Å². The van der Waals surface area contributed by atoms with Gasteiger partial charge in [-0.2, -0.15) is 0 Å². The number of para-hydroxylation sites is 4. The maximum absolute atomic E-state index is 6.55. The zero-order valence-electron chi connectivity index (χ0n) is 29.5. The van der Waals surface area contributed by atoms with Crippen molar-refractivity contribution in [1.82, 2.24) is 19.1 Å². The van der Waals surface area contributed by atoms with Crippen LogP contribution in [0.25, 0.3) is 110 Å². The molecule has 12 rings (SSSR count). The highest BCUT2D eigenvalue weighted by Gasteiger charge is 2.21. The van der Waals surface area contributed by atoms with Crippen molar-refractivity contribution in [1.29, 1.82) is 0 Å². The molecule has 12 aromatic rings. The Morgan fingerprint density at radius 1 is 0.382 bits per heavy atom. The molecule has 0 radical (unpaired) electrons. The molecule has 256 valence electrons. The maximum atomic E-state index is 6.55. The normalized spacial score (nSPS) is 12.0. The quantitative estimate of drug-likeness (QED) is 0.183. The summed E-state index contributed by atoms with van der Waals surface area (Å²) >= 11 is 0. The summed E-state index contributed by atoms with van der Waals surface area (Å²) in [4.78, 5) is 10.5. The Bertz CT molecular complexity index is 3480. The van der Waals surface area contributed by atoms with Crippen LogP contribution in [0, 0.1) is 0 Å². The van der Waals surface area contributed by atoms with E-state index in [0.717, 1.165) is 61.1 Å². The largest absolute Gasteiger partial charge is 0.452 e. The molecule has 0 spiro atoms. The molecular formula is C50H30N4O. The predicted molar refractivity (Wildman–Crippen MR) is 226 cm³/mol. The average molecular weight is 703 g/mol. The fourth-order valence-corrected chi connectivity index (χ4v) is 8.58. The van der Waals surface area contributed by atoms with Crippen LogP contribution >= 0.6 is 0 Å². The lowest BCUT2D eigenvalue weighted by molar-refractivity contribution is 0.667. The minimum Gasteiger partial charge on any atom is -0.452 e. The van der Waals surface area contributed by atoms with Crippen molar-refractivity contribution in [3.05, 3.63) is 182 Å². The van der Waals surface area contributed by atoms with Crippen molar-refractivity contribution in [2.24, 2.45) is 0 Å². The van der Waals surface area contributed by atoms with E-state index in [0.29, 0.717) is 11.4 Å². The summed E-state index contributed by atoms with van der Waals surface area (Å²) in [5.74, 6) is 0.653. The van der Waals surface area contributed by atoms with E-state index < -0.39 is 0 Å². The van der Waals surface area contributed by atoms with Crippen molar-refractivity contribution in [2.45, 2.75) is 0 Å². The van der Waals surface area contributed by atoms with Crippen LogP contribution in [0.15, 0.2) is 186 Å². The number of rotatable bonds is 4. The standard InChI is InChI=1S/C50H30N4O/c1-2-14-35(15-3-1)53-42-19-9-6-16-37(42)40-29-34(24-27-44(40)53)47-49-48(39-18-8-11-21-46(39)55-49)52-50(51-47)31-22-25-36(26-23-31)54-43-20-10-7-17-38(43)41-28-32-12-4-5-13-33(32)30-45(41)54/h1-30H. The third kappa shape index (κ3) is 4.47. The number of furan rings is 1. The Hall–Kier alpha value is -7.50. The monoisotopic (exact) mass is 702 g/mol. The van der Waals surface area contributed by atoms with Gasteiger partial charge in [-0.15, -0.1) is 0 Å². The van der Waals surface area contributed by atoms with Gasteiger partial charge in [0.15, 0.2) is 11.4 Å². The molecule has 0 aliphatic rings. The SMILES string of the molecule is c1ccc(-n2c3ccccc3c3cc(-c4nc(-c5ccc(-n6c7ccccc7c7cc8ccccc8cc76)cc5)nc5c4oc4ccccc45)ccc32)cc1. The van der Waals surface area contributed by atoms with E-state index in [4.69, 9.17) is 14.4 Å². The molecule has 55 heavy (non-hydrogen) atoms. The molecule has 4 aromatic heterocycles. The average Bonchev–Trinajstić information content (AvgIpc) is 3.90. The van der Waals surface area contributed by atoms with Crippen LogP contribution in [-0.2, 0) is 0 Å². The molecule has 0 amide bonds. The first-order valence-corrected chi connectivity index (χ1v) is 18.6. The molecule has 0 N–H and O–H groups in total. The lowest BCUT2D eigenvalue weighted by Gasteiger charge is -2.11. The first-order valence-electron chi connectivity index (χ1n) is 18.6. The van der Waals surface area contributed by atoms with E-state index in [1.807, 2.05) is 18.2 Å². The van der Waals surface area contributed by atoms with Gasteiger partial charge in [-0.3, -0.25) is 0 Å². The number of aromatic nitrogens is 4. The van der Waals surface area contributed by atoms with Gasteiger partial charge in [-0.25, -0.2) is 9.97 Å². The second kappa shape index (κ2) is 11.5. The molecule has 0 bridgehead atoms. The van der Waals surface area contributed by atoms with Crippen LogP contribution in [-0.4, -0.2) is 19.1 Å². The number of nitrogens with zero attached hydrogens (tertiary/aromatic N) is 4. The second-order valence-electron chi connectivity index (χ2n) is 14.2. The first-order chi connectivity index (χ1) is 27.3. The fourth-order valence-electron chi connectivity index (χ4n) is 8.58. The van der Waals surface area contributed by atoms with E-state index in [1.165, 1.54) is 38.0 Å². The summed E-state index contributed by atoms with van der Waals surface area (Å²) in [6.07, 6.45) is 0. The summed E-state index contributed by atoms with van der Waals surface area (Å²) in [7, 11) is 0. The molecule has 0 saturated carbocycles. The van der Waals surface area contributed by atoms with E-state index in [2.05, 4.69) is 173 Å². The van der Waals surface area contributed by atoms with E-state index in [-0.39, 0.29) is 0 Å². The minimum absolute atomic E-state index is 0.653.